The molecule has 3 heteroatoms. The van der Waals surface area contributed by atoms with Crippen molar-refractivity contribution < 1.29 is 4.74 Å². The van der Waals surface area contributed by atoms with Gasteiger partial charge in [-0.2, -0.15) is 0 Å². The lowest BCUT2D eigenvalue weighted by Crippen LogP contribution is -2.14. The van der Waals surface area contributed by atoms with Gasteiger partial charge in [0, 0.05) is 0 Å². The summed E-state index contributed by atoms with van der Waals surface area (Å²) in [5.74, 6) is 0. The molecule has 0 aliphatic heterocycles. The second-order valence-corrected chi connectivity index (χ2v) is 13.5. The second kappa shape index (κ2) is 12.4. The van der Waals surface area contributed by atoms with Crippen LogP contribution in [0.4, 0.5) is 0 Å². The van der Waals surface area contributed by atoms with Crippen molar-refractivity contribution in [3.05, 3.63) is 0 Å². The molecule has 124 valence electrons. The van der Waals surface area contributed by atoms with Crippen LogP contribution in [-0.2, 0) is 4.74 Å². The molecular weight excluding hydrogens is 282 g/mol. The Hall–Kier alpha value is 0.820. The van der Waals surface area contributed by atoms with E-state index < -0.39 is 0 Å². The van der Waals surface area contributed by atoms with Gasteiger partial charge in [0.2, 0.25) is 0 Å². The summed E-state index contributed by atoms with van der Waals surface area (Å²) in [4.78, 5) is 0. The Bertz CT molecular complexity index is 177. The summed E-state index contributed by atoms with van der Waals surface area (Å²) in [6.45, 7) is 20.9. The van der Waals surface area contributed by atoms with Gasteiger partial charge in [-0.1, -0.05) is 78.7 Å². The van der Waals surface area contributed by atoms with E-state index in [0.29, 0.717) is 0 Å². The van der Waals surface area contributed by atoms with Crippen LogP contribution in [0.3, 0.4) is 0 Å². The van der Waals surface area contributed by atoms with Crippen molar-refractivity contribution in [2.75, 3.05) is 25.5 Å². The maximum absolute atomic E-state index is 5.93. The lowest BCUT2D eigenvalue weighted by Gasteiger charge is -2.27. The van der Waals surface area contributed by atoms with Crippen molar-refractivity contribution in [2.24, 2.45) is 0 Å². The normalized spacial score (nSPS) is 12.3. The van der Waals surface area contributed by atoms with E-state index in [1.54, 1.807) is 0 Å². The molecule has 0 fully saturated rings. The zero-order valence-corrected chi connectivity index (χ0v) is 16.2. The monoisotopic (exact) mass is 322 g/mol. The molecule has 20 heavy (non-hydrogen) atoms. The fourth-order valence-corrected chi connectivity index (χ4v) is 7.80. The second-order valence-electron chi connectivity index (χ2n) is 6.46. The SMILES string of the molecule is C.CC(C)P(CCOCCP(C(C)C)C(C)C)C(C)C. The smallest absolute Gasteiger partial charge is 0.0505 e. The van der Waals surface area contributed by atoms with Crippen molar-refractivity contribution >= 4 is 15.8 Å². The van der Waals surface area contributed by atoms with Crippen LogP contribution in [0, 0.1) is 0 Å². The minimum Gasteiger partial charge on any atom is -0.381 e. The third-order valence-corrected chi connectivity index (χ3v) is 10.3. The number of hydrogen-bond acceptors (Lipinski definition) is 1. The Morgan fingerprint density at radius 2 is 0.850 bits per heavy atom. The average Bonchev–Trinajstić information content (AvgIpc) is 2.25. The molecule has 0 atom stereocenters. The summed E-state index contributed by atoms with van der Waals surface area (Å²) in [5, 5.41) is 0. The molecule has 0 aliphatic carbocycles. The lowest BCUT2D eigenvalue weighted by molar-refractivity contribution is 0.165. The van der Waals surface area contributed by atoms with Gasteiger partial charge in [-0.15, -0.1) is 0 Å². The molecule has 1 nitrogen and oxygen atoms in total. The quantitative estimate of drug-likeness (QED) is 0.342. The zero-order valence-electron chi connectivity index (χ0n) is 14.4. The van der Waals surface area contributed by atoms with E-state index in [1.165, 1.54) is 12.3 Å². The number of ether oxygens (including phenoxy) is 1. The van der Waals surface area contributed by atoms with E-state index in [9.17, 15) is 0 Å². The molecule has 0 heterocycles. The van der Waals surface area contributed by atoms with Gasteiger partial charge in [-0.05, 0) is 35.0 Å². The molecule has 0 aromatic carbocycles. The van der Waals surface area contributed by atoms with Crippen LogP contribution in [0.25, 0.3) is 0 Å². The molecule has 0 saturated heterocycles. The first-order valence-corrected chi connectivity index (χ1v) is 11.2. The first-order chi connectivity index (χ1) is 8.77. The van der Waals surface area contributed by atoms with Crippen molar-refractivity contribution in [2.45, 2.75) is 85.5 Å². The van der Waals surface area contributed by atoms with Crippen LogP contribution in [0.5, 0.6) is 0 Å². The lowest BCUT2D eigenvalue weighted by atomic mass is 10.5. The average molecular weight is 322 g/mol. The number of hydrogen-bond donors (Lipinski definition) is 0. The Balaban J connectivity index is 0. The van der Waals surface area contributed by atoms with Crippen LogP contribution in [-0.4, -0.2) is 48.2 Å². The predicted molar refractivity (Wildman–Crippen MR) is 102 cm³/mol. The molecule has 0 aliphatic rings. The maximum atomic E-state index is 5.93. The van der Waals surface area contributed by atoms with Crippen LogP contribution < -0.4 is 0 Å². The van der Waals surface area contributed by atoms with Crippen LogP contribution >= 0.6 is 15.8 Å². The van der Waals surface area contributed by atoms with Gasteiger partial charge in [0.25, 0.3) is 0 Å². The van der Waals surface area contributed by atoms with E-state index >= 15 is 0 Å². The fraction of sp³-hybridized carbons (Fsp3) is 1.00. The Morgan fingerprint density at radius 3 is 1.05 bits per heavy atom. The topological polar surface area (TPSA) is 9.23 Å². The highest BCUT2D eigenvalue weighted by Crippen LogP contribution is 2.46. The van der Waals surface area contributed by atoms with Gasteiger partial charge in [0.1, 0.15) is 0 Å². The Morgan fingerprint density at radius 1 is 0.600 bits per heavy atom. The zero-order chi connectivity index (χ0) is 15.0. The molecule has 0 bridgehead atoms. The van der Waals surface area contributed by atoms with Crippen LogP contribution in [0.15, 0.2) is 0 Å². The van der Waals surface area contributed by atoms with E-state index in [0.717, 1.165) is 35.8 Å². The Labute approximate surface area is 132 Å². The fourth-order valence-electron chi connectivity index (χ4n) is 2.67. The molecular formula is C17H40OP2. The largest absolute Gasteiger partial charge is 0.381 e. The molecule has 0 aromatic heterocycles. The maximum Gasteiger partial charge on any atom is 0.0505 e. The van der Waals surface area contributed by atoms with E-state index in [4.69, 9.17) is 4.74 Å². The molecule has 0 saturated carbocycles. The molecule has 0 radical (unpaired) electrons. The van der Waals surface area contributed by atoms with Gasteiger partial charge in [0.15, 0.2) is 0 Å². The summed E-state index contributed by atoms with van der Waals surface area (Å²) in [6, 6.07) is 0. The van der Waals surface area contributed by atoms with Crippen molar-refractivity contribution in [1.82, 2.24) is 0 Å². The molecule has 0 unspecified atom stereocenters. The molecule has 0 aromatic rings. The van der Waals surface area contributed by atoms with Crippen molar-refractivity contribution in [3.8, 4) is 0 Å². The summed E-state index contributed by atoms with van der Waals surface area (Å²) in [6.07, 6.45) is 2.57. The van der Waals surface area contributed by atoms with E-state index in [-0.39, 0.29) is 23.3 Å². The standard InChI is InChI=1S/C16H36OP2.CH4/c1-13(2)18(14(3)4)11-9-17-10-12-19(15(5)6)16(7)8;/h13-16H,9-12H2,1-8H3;1H4. The summed E-state index contributed by atoms with van der Waals surface area (Å²) < 4.78 is 5.93. The highest BCUT2D eigenvalue weighted by Gasteiger charge is 2.17. The minimum absolute atomic E-state index is 0. The highest BCUT2D eigenvalue weighted by atomic mass is 31.1. The minimum atomic E-state index is 0. The summed E-state index contributed by atoms with van der Waals surface area (Å²) in [5.41, 5.74) is 3.34. The van der Waals surface area contributed by atoms with Gasteiger partial charge < -0.3 is 4.74 Å². The Kier molecular flexibility index (Phi) is 14.3. The van der Waals surface area contributed by atoms with Crippen molar-refractivity contribution in [1.29, 1.82) is 0 Å². The molecule has 0 N–H and O–H groups in total. The third-order valence-electron chi connectivity index (χ3n) is 3.64. The van der Waals surface area contributed by atoms with Crippen molar-refractivity contribution in [3.63, 3.8) is 0 Å². The van der Waals surface area contributed by atoms with Gasteiger partial charge >= 0.3 is 0 Å². The first-order valence-electron chi connectivity index (χ1n) is 7.86. The highest BCUT2D eigenvalue weighted by molar-refractivity contribution is 7.59. The molecule has 0 spiro atoms. The number of rotatable bonds is 10. The van der Waals surface area contributed by atoms with E-state index in [1.807, 2.05) is 0 Å². The van der Waals surface area contributed by atoms with Gasteiger partial charge in [-0.25, -0.2) is 0 Å². The third kappa shape index (κ3) is 9.70. The summed E-state index contributed by atoms with van der Waals surface area (Å²) >= 11 is 0. The summed E-state index contributed by atoms with van der Waals surface area (Å²) in [7, 11) is 0.290. The van der Waals surface area contributed by atoms with Gasteiger partial charge in [-0.3, -0.25) is 0 Å². The molecule has 0 rings (SSSR count). The molecule has 0 amide bonds. The predicted octanol–water partition coefficient (Wildman–Crippen LogP) is 6.24. The van der Waals surface area contributed by atoms with Crippen LogP contribution in [0.1, 0.15) is 62.8 Å². The van der Waals surface area contributed by atoms with Crippen LogP contribution in [0.2, 0.25) is 0 Å². The first kappa shape index (κ1) is 23.1. The van der Waals surface area contributed by atoms with E-state index in [2.05, 4.69) is 55.4 Å². The van der Waals surface area contributed by atoms with Gasteiger partial charge in [0.05, 0.1) is 13.2 Å².